The van der Waals surface area contributed by atoms with Crippen molar-refractivity contribution in [2.45, 2.75) is 92.6 Å². The predicted molar refractivity (Wildman–Crippen MR) is 248 cm³/mol. The molecule has 15 atom stereocenters. The van der Waals surface area contributed by atoms with Crippen LogP contribution < -0.4 is 13.3 Å². The summed E-state index contributed by atoms with van der Waals surface area (Å²) >= 11 is 9.54. The third-order valence-electron chi connectivity index (χ3n) is 7.84. The molecule has 0 radical (unpaired) electrons. The minimum atomic E-state index is -1.28. The van der Waals surface area contributed by atoms with Crippen molar-refractivity contribution in [2.24, 2.45) is 0 Å². The molecular formula is C31H59I6NO22. The van der Waals surface area contributed by atoms with Gasteiger partial charge < -0.3 is 97.4 Å². The van der Waals surface area contributed by atoms with Gasteiger partial charge in [0, 0.05) is 94.1 Å². The molecule has 0 aromatic heterocycles. The molecule has 0 bridgehead atoms. The van der Waals surface area contributed by atoms with E-state index >= 15 is 0 Å². The van der Waals surface area contributed by atoms with Crippen LogP contribution in [0.25, 0.3) is 0 Å². The summed E-state index contributed by atoms with van der Waals surface area (Å²) in [5, 5.41) is 66.5. The van der Waals surface area contributed by atoms with E-state index in [2.05, 4.69) is 79.2 Å². The van der Waals surface area contributed by atoms with Crippen LogP contribution in [0.1, 0.15) is 0 Å². The second-order valence-corrected chi connectivity index (χ2v) is 27.3. The Hall–Kier alpha value is 2.30. The van der Waals surface area contributed by atoms with Crippen molar-refractivity contribution in [2.75, 3.05) is 83.3 Å². The fourth-order valence-corrected chi connectivity index (χ4v) is 4.94. The Kier molecular flexibility index (Phi) is 50.3. The van der Waals surface area contributed by atoms with Gasteiger partial charge in [0.1, 0.15) is 42.7 Å². The molecule has 60 heavy (non-hydrogen) atoms. The fraction of sp³-hybridized carbons (Fsp3) is 0.871. The Morgan fingerprint density at radius 2 is 1.07 bits per heavy atom. The zero-order chi connectivity index (χ0) is 46.1. The number of rotatable bonds is 22. The van der Waals surface area contributed by atoms with Gasteiger partial charge in [0.25, 0.3) is 6.23 Å². The molecule has 7 N–H and O–H groups in total. The molecular weight excluding hydrogens is 1500 g/mol. The molecule has 0 aromatic rings. The summed E-state index contributed by atoms with van der Waals surface area (Å²) in [4.78, 5) is 31.7. The van der Waals surface area contributed by atoms with E-state index in [0.717, 1.165) is 0 Å². The standard InChI is InChI=1S/C15H28NO10.C8H16O6.C8H14O6.I3.I2.HI/c1-21-9(10(6-17)25-12(8-19)22-2)5-16-13(20)15(24-4)26-11(7-18)14(16)23-3;1-12-7-4(3-9)14-8(13-2)6(11)5(7)10;1-12-6(3-9)7(4-10)14-8(5-11)13-2;1-3-2;1-2;/h5,8-15,17-18,20H,6-7H2,1-4H3;4-11H,3H2,1-2H3;3,5-8,10H,4H2,1-2H3;;;1H/q+1;;;-1;;/b16-5+;;;;;. The molecule has 2 aliphatic heterocycles. The number of aldehydes is 3. The number of carbonyl (C=O) groups is 3. The minimum absolute atomic E-state index is 0. The number of ether oxygens (including phenoxy) is 12. The van der Waals surface area contributed by atoms with E-state index in [4.69, 9.17) is 62.3 Å². The Morgan fingerprint density at radius 3 is 1.38 bits per heavy atom. The van der Waals surface area contributed by atoms with Crippen LogP contribution in [0.3, 0.4) is 0 Å². The van der Waals surface area contributed by atoms with E-state index in [9.17, 15) is 39.9 Å². The summed E-state index contributed by atoms with van der Waals surface area (Å²) in [6, 6.07) is 0. The van der Waals surface area contributed by atoms with Gasteiger partial charge in [0.15, 0.2) is 43.6 Å². The average molecular weight is 1560 g/mol. The van der Waals surface area contributed by atoms with E-state index in [1.165, 1.54) is 67.7 Å². The average Bonchev–Trinajstić information content (AvgIpc) is 3.27. The van der Waals surface area contributed by atoms with Crippen molar-refractivity contribution in [1.82, 2.24) is 0 Å². The quantitative estimate of drug-likeness (QED) is 0.0232. The molecule has 0 aliphatic carbocycles. The third-order valence-corrected chi connectivity index (χ3v) is 7.84. The predicted octanol–water partition coefficient (Wildman–Crippen LogP) is -4.71. The number of methoxy groups -OCH3 is 8. The number of halogens is 6. The van der Waals surface area contributed by atoms with Crippen LogP contribution in [0.15, 0.2) is 0 Å². The third kappa shape index (κ3) is 24.9. The van der Waals surface area contributed by atoms with E-state index in [0.29, 0.717) is 32.1 Å². The first-order valence-electron chi connectivity index (χ1n) is 16.6. The van der Waals surface area contributed by atoms with Crippen LogP contribution in [0.2, 0.25) is 0 Å². The second-order valence-electron chi connectivity index (χ2n) is 11.0. The van der Waals surface area contributed by atoms with Gasteiger partial charge in [0.2, 0.25) is 18.9 Å². The molecule has 0 spiro atoms. The zero-order valence-corrected chi connectivity index (χ0v) is 46.9. The molecule has 362 valence electrons. The van der Waals surface area contributed by atoms with Crippen molar-refractivity contribution >= 4 is 124 Å². The van der Waals surface area contributed by atoms with Gasteiger partial charge in [0.05, 0.1) is 26.4 Å². The van der Waals surface area contributed by atoms with E-state index in [1.54, 1.807) is 0 Å². The first-order valence-corrected chi connectivity index (χ1v) is 35.5. The normalized spacial score (nSPS) is 28.4. The van der Waals surface area contributed by atoms with Crippen LogP contribution in [-0.4, -0.2) is 241 Å². The molecule has 2 aliphatic rings. The van der Waals surface area contributed by atoms with Crippen molar-refractivity contribution in [3.63, 3.8) is 0 Å². The van der Waals surface area contributed by atoms with Crippen LogP contribution in [0, 0.1) is 0 Å². The Bertz CT molecular complexity index is 1070. The van der Waals surface area contributed by atoms with Crippen LogP contribution in [0.5, 0.6) is 0 Å². The summed E-state index contributed by atoms with van der Waals surface area (Å²) in [7, 11) is 10.7. The molecule has 2 saturated heterocycles. The summed E-state index contributed by atoms with van der Waals surface area (Å²) in [5.41, 5.74) is 0. The molecule has 15 unspecified atom stereocenters. The summed E-state index contributed by atoms with van der Waals surface area (Å²) in [6.07, 6.45) is -11.9. The molecule has 2 heterocycles. The van der Waals surface area contributed by atoms with Gasteiger partial charge in [-0.1, -0.05) is 0 Å². The maximum absolute atomic E-state index is 10.9. The summed E-state index contributed by atoms with van der Waals surface area (Å²) < 4.78 is 61.8. The number of aliphatic hydroxyl groups is 7. The van der Waals surface area contributed by atoms with Gasteiger partial charge >= 0.3 is 56.7 Å². The topological polar surface area (TPSA) is 307 Å². The van der Waals surface area contributed by atoms with E-state index < -0.39 is 106 Å². The SMILES string of the molecule is COC(C=O)OC(CO)C(/C=[N+]1\C(O)C(OC)OC(CO)C1OC)OC.COC(C=O)OC(CO)C(C=O)OC.COC1OC(CO)C(OC)C(O)C1O.I.II.I[I-]I. The number of morpholine rings is 1. The molecule has 0 amide bonds. The second kappa shape index (κ2) is 43.8. The van der Waals surface area contributed by atoms with Crippen LogP contribution >= 0.6 is 98.4 Å². The van der Waals surface area contributed by atoms with Gasteiger partial charge in [-0.05, 0) is 0 Å². The van der Waals surface area contributed by atoms with Gasteiger partial charge in [-0.15, -0.1) is 24.0 Å². The van der Waals surface area contributed by atoms with Crippen molar-refractivity contribution < 1.29 is 125 Å². The number of nitrogens with zero attached hydrogens (tertiary/aromatic N) is 1. The van der Waals surface area contributed by atoms with Crippen molar-refractivity contribution in [3.05, 3.63) is 0 Å². The Balaban J connectivity index is -0.000000393. The molecule has 2 fully saturated rings. The number of hydrogen-bond donors (Lipinski definition) is 7. The monoisotopic (exact) mass is 1560 g/mol. The van der Waals surface area contributed by atoms with Crippen LogP contribution in [-0.2, 0) is 71.2 Å². The van der Waals surface area contributed by atoms with Gasteiger partial charge in [-0.3, -0.25) is 9.59 Å². The van der Waals surface area contributed by atoms with Gasteiger partial charge in [-0.25, -0.2) is 0 Å². The number of aliphatic hydroxyl groups excluding tert-OH is 7. The number of hydrogen-bond acceptors (Lipinski definition) is 22. The van der Waals surface area contributed by atoms with E-state index in [1.807, 2.05) is 0 Å². The summed E-state index contributed by atoms with van der Waals surface area (Å²) in [6.45, 7) is -1.62. The van der Waals surface area contributed by atoms with Crippen LogP contribution in [0.4, 0.5) is 0 Å². The fourth-order valence-electron chi connectivity index (χ4n) is 4.94. The first kappa shape index (κ1) is 68.9. The maximum atomic E-state index is 10.9. The summed E-state index contributed by atoms with van der Waals surface area (Å²) in [5.74, 6) is 0. The molecule has 0 saturated carbocycles. The zero-order valence-electron chi connectivity index (χ0n) is 33.8. The van der Waals surface area contributed by atoms with Crippen molar-refractivity contribution in [3.8, 4) is 0 Å². The van der Waals surface area contributed by atoms with E-state index in [-0.39, 0.29) is 37.2 Å². The first-order chi connectivity index (χ1) is 28.3. The van der Waals surface area contributed by atoms with Crippen molar-refractivity contribution in [1.29, 1.82) is 0 Å². The number of carbonyl (C=O) groups excluding carboxylic acids is 3. The molecule has 0 aromatic carbocycles. The molecule has 29 heteroatoms. The molecule has 23 nitrogen and oxygen atoms in total. The van der Waals surface area contributed by atoms with Gasteiger partial charge in [-0.2, -0.15) is 4.58 Å². The molecule has 2 rings (SSSR count). The Morgan fingerprint density at radius 1 is 0.633 bits per heavy atom. The Labute approximate surface area is 419 Å².